The van der Waals surface area contributed by atoms with Gasteiger partial charge in [0.2, 0.25) is 0 Å². The monoisotopic (exact) mass is 514 g/mol. The standard InChI is InChI=1S/C20H30N6O2.HI/c1-3-21-20(23-13-19-24-15-25-26(19)2)22-12-16-5-4-6-17(11-16)14-28-18-7-9-27-10-8-18;/h4-6,11,15,18H,3,7-10,12-14H2,1-2H3,(H2,21,22,23);1H. The van der Waals surface area contributed by atoms with Crippen LogP contribution < -0.4 is 10.6 Å². The smallest absolute Gasteiger partial charge is 0.191 e. The summed E-state index contributed by atoms with van der Waals surface area (Å²) in [7, 11) is 1.88. The average Bonchev–Trinajstić information content (AvgIpc) is 3.14. The molecule has 0 aliphatic carbocycles. The van der Waals surface area contributed by atoms with E-state index in [1.165, 1.54) is 5.56 Å². The topological polar surface area (TPSA) is 85.6 Å². The fourth-order valence-electron chi connectivity index (χ4n) is 3.03. The maximum Gasteiger partial charge on any atom is 0.191 e. The van der Waals surface area contributed by atoms with Crippen LogP contribution in [-0.2, 0) is 36.2 Å². The molecule has 2 N–H and O–H groups in total. The predicted molar refractivity (Wildman–Crippen MR) is 123 cm³/mol. The van der Waals surface area contributed by atoms with Crippen LogP contribution in [0.3, 0.4) is 0 Å². The van der Waals surface area contributed by atoms with Crippen molar-refractivity contribution in [2.75, 3.05) is 19.8 Å². The molecule has 8 nitrogen and oxygen atoms in total. The minimum atomic E-state index is 0. The first-order valence-corrected chi connectivity index (χ1v) is 9.87. The molecular weight excluding hydrogens is 483 g/mol. The van der Waals surface area contributed by atoms with Crippen LogP contribution in [-0.4, -0.2) is 46.6 Å². The average molecular weight is 514 g/mol. The summed E-state index contributed by atoms with van der Waals surface area (Å²) in [6, 6.07) is 8.42. The number of aromatic nitrogens is 3. The molecular formula is C20H31IN6O2. The van der Waals surface area contributed by atoms with Crippen LogP contribution in [0, 0.1) is 0 Å². The Hall–Kier alpha value is -1.72. The zero-order valence-electron chi connectivity index (χ0n) is 17.1. The summed E-state index contributed by atoms with van der Waals surface area (Å²) < 4.78 is 13.2. The second-order valence-corrected chi connectivity index (χ2v) is 6.79. The molecule has 1 fully saturated rings. The van der Waals surface area contributed by atoms with Crippen molar-refractivity contribution in [1.29, 1.82) is 0 Å². The van der Waals surface area contributed by atoms with Gasteiger partial charge in [-0.15, -0.1) is 24.0 Å². The number of guanidine groups is 1. The minimum Gasteiger partial charge on any atom is -0.381 e. The van der Waals surface area contributed by atoms with E-state index in [0.717, 1.165) is 49.9 Å². The van der Waals surface area contributed by atoms with Gasteiger partial charge in [-0.1, -0.05) is 24.3 Å². The van der Waals surface area contributed by atoms with Crippen molar-refractivity contribution in [3.05, 3.63) is 47.5 Å². The van der Waals surface area contributed by atoms with Gasteiger partial charge in [-0.3, -0.25) is 4.68 Å². The Morgan fingerprint density at radius 2 is 2.07 bits per heavy atom. The number of halogens is 1. The fourth-order valence-corrected chi connectivity index (χ4v) is 3.03. The van der Waals surface area contributed by atoms with Crippen molar-refractivity contribution in [1.82, 2.24) is 25.4 Å². The van der Waals surface area contributed by atoms with E-state index < -0.39 is 0 Å². The van der Waals surface area contributed by atoms with Crippen LogP contribution >= 0.6 is 24.0 Å². The number of rotatable bonds is 8. The highest BCUT2D eigenvalue weighted by atomic mass is 127. The third kappa shape index (κ3) is 7.90. The molecule has 29 heavy (non-hydrogen) atoms. The molecule has 0 amide bonds. The Kier molecular flexibility index (Phi) is 10.4. The largest absolute Gasteiger partial charge is 0.381 e. The van der Waals surface area contributed by atoms with Crippen LogP contribution in [0.2, 0.25) is 0 Å². The van der Waals surface area contributed by atoms with Gasteiger partial charge in [0.05, 0.1) is 25.8 Å². The van der Waals surface area contributed by atoms with Gasteiger partial charge < -0.3 is 20.1 Å². The molecule has 3 rings (SSSR count). The van der Waals surface area contributed by atoms with Crippen LogP contribution in [0.25, 0.3) is 0 Å². The van der Waals surface area contributed by atoms with Crippen molar-refractivity contribution in [3.8, 4) is 0 Å². The second-order valence-electron chi connectivity index (χ2n) is 6.79. The summed E-state index contributed by atoms with van der Waals surface area (Å²) in [5.74, 6) is 1.62. The van der Waals surface area contributed by atoms with Crippen LogP contribution in [0.1, 0.15) is 36.7 Å². The molecule has 0 atom stereocenters. The van der Waals surface area contributed by atoms with Crippen molar-refractivity contribution < 1.29 is 9.47 Å². The van der Waals surface area contributed by atoms with Gasteiger partial charge in [0.15, 0.2) is 5.96 Å². The number of hydrogen-bond donors (Lipinski definition) is 2. The summed E-state index contributed by atoms with van der Waals surface area (Å²) in [6.45, 7) is 6.24. The lowest BCUT2D eigenvalue weighted by molar-refractivity contribution is -0.0390. The lowest BCUT2D eigenvalue weighted by atomic mass is 10.1. The fraction of sp³-hybridized carbons (Fsp3) is 0.550. The molecule has 2 aromatic rings. The van der Waals surface area contributed by atoms with Crippen molar-refractivity contribution in [3.63, 3.8) is 0 Å². The summed E-state index contributed by atoms with van der Waals surface area (Å²) >= 11 is 0. The maximum absolute atomic E-state index is 6.02. The van der Waals surface area contributed by atoms with Crippen LogP contribution in [0.4, 0.5) is 0 Å². The minimum absolute atomic E-state index is 0. The van der Waals surface area contributed by atoms with Crippen LogP contribution in [0.15, 0.2) is 35.6 Å². The van der Waals surface area contributed by atoms with E-state index in [0.29, 0.717) is 25.8 Å². The predicted octanol–water partition coefficient (Wildman–Crippen LogP) is 2.38. The van der Waals surface area contributed by atoms with E-state index in [1.54, 1.807) is 11.0 Å². The molecule has 0 saturated carbocycles. The Balaban J connectivity index is 0.00000300. The molecule has 1 aliphatic heterocycles. The Morgan fingerprint density at radius 1 is 1.28 bits per heavy atom. The van der Waals surface area contributed by atoms with Gasteiger partial charge in [-0.05, 0) is 30.9 Å². The number of aliphatic imine (C=N–C) groups is 1. The first kappa shape index (κ1) is 23.6. The second kappa shape index (κ2) is 12.8. The summed E-state index contributed by atoms with van der Waals surface area (Å²) in [5, 5.41) is 10.6. The van der Waals surface area contributed by atoms with Gasteiger partial charge in [-0.25, -0.2) is 9.98 Å². The molecule has 9 heteroatoms. The van der Waals surface area contributed by atoms with Gasteiger partial charge >= 0.3 is 0 Å². The highest BCUT2D eigenvalue weighted by molar-refractivity contribution is 14.0. The summed E-state index contributed by atoms with van der Waals surface area (Å²) in [6.07, 6.45) is 3.82. The number of nitrogens with one attached hydrogen (secondary N) is 2. The van der Waals surface area contributed by atoms with E-state index in [2.05, 4.69) is 50.0 Å². The van der Waals surface area contributed by atoms with E-state index in [4.69, 9.17) is 9.47 Å². The molecule has 1 aliphatic rings. The number of nitrogens with zero attached hydrogens (tertiary/aromatic N) is 4. The first-order valence-electron chi connectivity index (χ1n) is 9.87. The molecule has 160 valence electrons. The third-order valence-electron chi connectivity index (χ3n) is 4.63. The number of aryl methyl sites for hydroxylation is 1. The SMILES string of the molecule is CCNC(=NCc1cccc(COC2CCOCC2)c1)NCc1ncnn1C.I. The lowest BCUT2D eigenvalue weighted by Gasteiger charge is -2.22. The normalized spacial score (nSPS) is 15.0. The molecule has 1 saturated heterocycles. The summed E-state index contributed by atoms with van der Waals surface area (Å²) in [5.41, 5.74) is 2.33. The molecule has 2 heterocycles. The highest BCUT2D eigenvalue weighted by Crippen LogP contribution is 2.14. The van der Waals surface area contributed by atoms with E-state index in [-0.39, 0.29) is 24.0 Å². The molecule has 0 unspecified atom stereocenters. The number of hydrogen-bond acceptors (Lipinski definition) is 5. The number of benzene rings is 1. The van der Waals surface area contributed by atoms with E-state index in [9.17, 15) is 0 Å². The van der Waals surface area contributed by atoms with Crippen LogP contribution in [0.5, 0.6) is 0 Å². The Morgan fingerprint density at radius 3 is 2.79 bits per heavy atom. The molecule has 1 aromatic carbocycles. The molecule has 0 radical (unpaired) electrons. The van der Waals surface area contributed by atoms with E-state index in [1.807, 2.05) is 14.0 Å². The zero-order valence-corrected chi connectivity index (χ0v) is 19.5. The maximum atomic E-state index is 6.02. The van der Waals surface area contributed by atoms with Crippen molar-refractivity contribution >= 4 is 29.9 Å². The van der Waals surface area contributed by atoms with Crippen molar-refractivity contribution in [2.24, 2.45) is 12.0 Å². The van der Waals surface area contributed by atoms with Gasteiger partial charge in [0, 0.05) is 26.8 Å². The number of ether oxygens (including phenoxy) is 2. The van der Waals surface area contributed by atoms with Gasteiger partial charge in [0.25, 0.3) is 0 Å². The molecule has 1 aromatic heterocycles. The van der Waals surface area contributed by atoms with E-state index >= 15 is 0 Å². The van der Waals surface area contributed by atoms with Gasteiger partial charge in [-0.2, -0.15) is 5.10 Å². The van der Waals surface area contributed by atoms with Crippen molar-refractivity contribution in [2.45, 2.75) is 45.6 Å². The zero-order chi connectivity index (χ0) is 19.6. The van der Waals surface area contributed by atoms with Gasteiger partial charge in [0.1, 0.15) is 12.2 Å². The quantitative estimate of drug-likeness (QED) is 0.320. The lowest BCUT2D eigenvalue weighted by Crippen LogP contribution is -2.37. The third-order valence-corrected chi connectivity index (χ3v) is 4.63. The molecule has 0 bridgehead atoms. The Bertz CT molecular complexity index is 761. The highest BCUT2D eigenvalue weighted by Gasteiger charge is 2.14. The first-order chi connectivity index (χ1) is 13.7. The summed E-state index contributed by atoms with van der Waals surface area (Å²) in [4.78, 5) is 8.91. The molecule has 0 spiro atoms. The Labute approximate surface area is 189 Å².